The number of halogens is 5. The van der Waals surface area contributed by atoms with Crippen molar-refractivity contribution in [3.63, 3.8) is 0 Å². The Hall–Kier alpha value is -2.19. The number of rotatable bonds is 4. The highest BCUT2D eigenvalue weighted by Crippen LogP contribution is 2.32. The molecule has 1 saturated heterocycles. The molecule has 5 nitrogen and oxygen atoms in total. The maximum Gasteiger partial charge on any atom is 0.417 e. The van der Waals surface area contributed by atoms with Crippen molar-refractivity contribution < 1.29 is 22.7 Å². The predicted molar refractivity (Wildman–Crippen MR) is 105 cm³/mol. The van der Waals surface area contributed by atoms with Crippen LogP contribution in [0, 0.1) is 0 Å². The Labute approximate surface area is 176 Å². The number of piperazine rings is 1. The third-order valence-corrected chi connectivity index (χ3v) is 5.36. The number of carbonyl (C=O) groups excluding carboxylic acids is 1. The minimum atomic E-state index is -4.42. The van der Waals surface area contributed by atoms with Gasteiger partial charge in [-0.15, -0.1) is 0 Å². The average molecular weight is 448 g/mol. The largest absolute Gasteiger partial charge is 0.479 e. The van der Waals surface area contributed by atoms with Gasteiger partial charge in [-0.05, 0) is 31.2 Å². The molecule has 1 aromatic carbocycles. The summed E-state index contributed by atoms with van der Waals surface area (Å²) in [5.74, 6) is 0.564. The van der Waals surface area contributed by atoms with Gasteiger partial charge in [0.2, 0.25) is 0 Å². The Bertz CT molecular complexity index is 870. The fourth-order valence-electron chi connectivity index (χ4n) is 2.97. The minimum absolute atomic E-state index is 0.207. The third-order valence-electron chi connectivity index (χ3n) is 4.56. The Morgan fingerprint density at radius 3 is 2.41 bits per heavy atom. The number of hydrogen-bond acceptors (Lipinski definition) is 4. The van der Waals surface area contributed by atoms with Crippen LogP contribution in [0.25, 0.3) is 0 Å². The normalized spacial score (nSPS) is 15.9. The second-order valence-corrected chi connectivity index (χ2v) is 7.31. The van der Waals surface area contributed by atoms with Crippen LogP contribution in [0.15, 0.2) is 36.5 Å². The summed E-state index contributed by atoms with van der Waals surface area (Å²) in [7, 11) is 0. The number of pyridine rings is 1. The highest BCUT2D eigenvalue weighted by Gasteiger charge is 2.31. The van der Waals surface area contributed by atoms with E-state index in [-0.39, 0.29) is 10.9 Å². The summed E-state index contributed by atoms with van der Waals surface area (Å²) in [6.07, 6.45) is -4.36. The van der Waals surface area contributed by atoms with E-state index in [1.165, 1.54) is 6.07 Å². The third kappa shape index (κ3) is 5.05. The Morgan fingerprint density at radius 2 is 1.83 bits per heavy atom. The number of aromatic nitrogens is 1. The zero-order chi connectivity index (χ0) is 21.2. The van der Waals surface area contributed by atoms with Gasteiger partial charge in [0.15, 0.2) is 6.10 Å². The van der Waals surface area contributed by atoms with Crippen LogP contribution in [0.3, 0.4) is 0 Å². The second kappa shape index (κ2) is 8.67. The van der Waals surface area contributed by atoms with Crippen LogP contribution >= 0.6 is 23.2 Å². The molecule has 29 heavy (non-hydrogen) atoms. The predicted octanol–water partition coefficient (Wildman–Crippen LogP) is 4.52. The molecule has 1 aliphatic rings. The van der Waals surface area contributed by atoms with Crippen LogP contribution in [0.2, 0.25) is 10.0 Å². The van der Waals surface area contributed by atoms with E-state index in [9.17, 15) is 18.0 Å². The number of hydrogen-bond donors (Lipinski definition) is 0. The molecule has 1 unspecified atom stereocenters. The molecule has 1 aromatic heterocycles. The van der Waals surface area contributed by atoms with Crippen LogP contribution in [-0.2, 0) is 11.0 Å². The van der Waals surface area contributed by atoms with Crippen molar-refractivity contribution in [2.45, 2.75) is 19.2 Å². The Kier molecular flexibility index (Phi) is 6.43. The first-order valence-electron chi connectivity index (χ1n) is 8.84. The molecule has 3 rings (SSSR count). The summed E-state index contributed by atoms with van der Waals surface area (Å²) in [6.45, 7) is 3.34. The summed E-state index contributed by atoms with van der Waals surface area (Å²) in [6, 6.07) is 7.28. The average Bonchev–Trinajstić information content (AvgIpc) is 2.70. The minimum Gasteiger partial charge on any atom is -0.479 e. The van der Waals surface area contributed by atoms with Crippen molar-refractivity contribution >= 4 is 34.9 Å². The quantitative estimate of drug-likeness (QED) is 0.690. The van der Waals surface area contributed by atoms with Crippen molar-refractivity contribution in [1.29, 1.82) is 0 Å². The number of benzene rings is 1. The zero-order valence-electron chi connectivity index (χ0n) is 15.4. The summed E-state index contributed by atoms with van der Waals surface area (Å²) in [5, 5.41) is 0.577. The van der Waals surface area contributed by atoms with Crippen LogP contribution in [0.5, 0.6) is 5.75 Å². The number of carbonyl (C=O) groups is 1. The van der Waals surface area contributed by atoms with E-state index >= 15 is 0 Å². The van der Waals surface area contributed by atoms with Crippen LogP contribution in [-0.4, -0.2) is 48.1 Å². The number of ether oxygens (including phenoxy) is 1. The molecule has 156 valence electrons. The molecule has 1 atom stereocenters. The van der Waals surface area contributed by atoms with Crippen molar-refractivity contribution in [2.75, 3.05) is 31.1 Å². The molecule has 0 N–H and O–H groups in total. The van der Waals surface area contributed by atoms with Gasteiger partial charge in [-0.3, -0.25) is 4.79 Å². The number of nitrogens with zero attached hydrogens (tertiary/aromatic N) is 3. The lowest BCUT2D eigenvalue weighted by Crippen LogP contribution is -2.52. The molecule has 1 aliphatic heterocycles. The van der Waals surface area contributed by atoms with Crippen molar-refractivity contribution in [2.24, 2.45) is 0 Å². The van der Waals surface area contributed by atoms with Crippen molar-refractivity contribution in [3.05, 3.63) is 52.1 Å². The van der Waals surface area contributed by atoms with E-state index in [0.717, 1.165) is 12.3 Å². The lowest BCUT2D eigenvalue weighted by molar-refractivity contribution is -0.138. The van der Waals surface area contributed by atoms with Crippen LogP contribution < -0.4 is 9.64 Å². The highest BCUT2D eigenvalue weighted by atomic mass is 35.5. The Balaban J connectivity index is 1.57. The van der Waals surface area contributed by atoms with E-state index in [2.05, 4.69) is 4.98 Å². The maximum absolute atomic E-state index is 12.7. The van der Waals surface area contributed by atoms with E-state index in [1.807, 2.05) is 4.90 Å². The van der Waals surface area contributed by atoms with E-state index < -0.39 is 17.8 Å². The van der Waals surface area contributed by atoms with E-state index in [4.69, 9.17) is 27.9 Å². The number of alkyl halides is 3. The number of anilines is 1. The second-order valence-electron chi connectivity index (χ2n) is 6.53. The number of amides is 1. The summed E-state index contributed by atoms with van der Waals surface area (Å²) >= 11 is 12.0. The topological polar surface area (TPSA) is 45.7 Å². The standard InChI is InChI=1S/C19H18Cl2F3N3O2/c1-12(29-15-4-2-3-14(20)17(15)21)18(28)27-9-7-26(8-10-27)16-6-5-13(11-25-16)19(22,23)24/h2-6,11-12H,7-10H2,1H3. The Morgan fingerprint density at radius 1 is 1.14 bits per heavy atom. The molecule has 1 fully saturated rings. The van der Waals surface area contributed by atoms with Gasteiger partial charge in [0.05, 0.1) is 10.6 Å². The van der Waals surface area contributed by atoms with Crippen molar-refractivity contribution in [1.82, 2.24) is 9.88 Å². The molecule has 0 bridgehead atoms. The monoisotopic (exact) mass is 447 g/mol. The lowest BCUT2D eigenvalue weighted by Gasteiger charge is -2.36. The fraction of sp³-hybridized carbons (Fsp3) is 0.368. The summed E-state index contributed by atoms with van der Waals surface area (Å²) in [5.41, 5.74) is -0.791. The molecule has 10 heteroatoms. The zero-order valence-corrected chi connectivity index (χ0v) is 16.9. The van der Waals surface area contributed by atoms with Gasteiger partial charge in [-0.1, -0.05) is 29.3 Å². The highest BCUT2D eigenvalue weighted by molar-refractivity contribution is 6.42. The lowest BCUT2D eigenvalue weighted by atomic mass is 10.2. The molecular formula is C19H18Cl2F3N3O2. The fourth-order valence-corrected chi connectivity index (χ4v) is 3.31. The van der Waals surface area contributed by atoms with Gasteiger partial charge in [-0.25, -0.2) is 4.98 Å². The SMILES string of the molecule is CC(Oc1cccc(Cl)c1Cl)C(=O)N1CCN(c2ccc(C(F)(F)F)cn2)CC1. The molecular weight excluding hydrogens is 430 g/mol. The first-order chi connectivity index (χ1) is 13.7. The van der Waals surface area contributed by atoms with Crippen LogP contribution in [0.4, 0.5) is 19.0 Å². The first-order valence-corrected chi connectivity index (χ1v) is 9.60. The maximum atomic E-state index is 12.7. The molecule has 0 spiro atoms. The van der Waals surface area contributed by atoms with Gasteiger partial charge in [0.25, 0.3) is 5.91 Å². The molecule has 1 amide bonds. The van der Waals surface area contributed by atoms with Crippen LogP contribution in [0.1, 0.15) is 12.5 Å². The molecule has 0 radical (unpaired) electrons. The van der Waals surface area contributed by atoms with E-state index in [1.54, 1.807) is 30.0 Å². The summed E-state index contributed by atoms with van der Waals surface area (Å²) in [4.78, 5) is 20.0. The molecule has 0 saturated carbocycles. The summed E-state index contributed by atoms with van der Waals surface area (Å²) < 4.78 is 43.6. The van der Waals surface area contributed by atoms with E-state index in [0.29, 0.717) is 42.8 Å². The first kappa shape index (κ1) is 21.5. The molecule has 2 heterocycles. The smallest absolute Gasteiger partial charge is 0.417 e. The molecule has 2 aromatic rings. The van der Waals surface area contributed by atoms with Crippen molar-refractivity contribution in [3.8, 4) is 5.75 Å². The van der Waals surface area contributed by atoms with Gasteiger partial charge < -0.3 is 14.5 Å². The molecule has 0 aliphatic carbocycles. The van der Waals surface area contributed by atoms with Gasteiger partial charge in [-0.2, -0.15) is 13.2 Å². The van der Waals surface area contributed by atoms with Gasteiger partial charge >= 0.3 is 6.18 Å². The van der Waals surface area contributed by atoms with Gasteiger partial charge in [0, 0.05) is 32.4 Å². The van der Waals surface area contributed by atoms with Gasteiger partial charge in [0.1, 0.15) is 16.6 Å².